The van der Waals surface area contributed by atoms with Crippen LogP contribution in [0.2, 0.25) is 0 Å². The van der Waals surface area contributed by atoms with E-state index in [4.69, 9.17) is 9.47 Å². The van der Waals surface area contributed by atoms with E-state index in [2.05, 4.69) is 10.3 Å². The van der Waals surface area contributed by atoms with E-state index >= 15 is 0 Å². The molecule has 0 unspecified atom stereocenters. The van der Waals surface area contributed by atoms with Crippen LogP contribution in [-0.4, -0.2) is 90.2 Å². The van der Waals surface area contributed by atoms with Crippen molar-refractivity contribution in [3.63, 3.8) is 0 Å². The Bertz CT molecular complexity index is 918. The fraction of sp³-hybridized carbons (Fsp3) is 0.739. The molecule has 8 nitrogen and oxygen atoms in total. The fourth-order valence-electron chi connectivity index (χ4n) is 6.00. The minimum atomic E-state index is -4.50. The van der Waals surface area contributed by atoms with Gasteiger partial charge in [0.15, 0.2) is 0 Å². The molecule has 1 saturated carbocycles. The molecule has 1 aromatic rings. The Hall–Kier alpha value is -1.95. The quantitative estimate of drug-likeness (QED) is 0.656. The summed E-state index contributed by atoms with van der Waals surface area (Å²) >= 11 is 0. The molecule has 34 heavy (non-hydrogen) atoms. The van der Waals surface area contributed by atoms with Crippen molar-refractivity contribution in [3.05, 3.63) is 23.9 Å². The molecule has 1 aromatic heterocycles. The van der Waals surface area contributed by atoms with Gasteiger partial charge in [-0.15, -0.1) is 0 Å². The lowest BCUT2D eigenvalue weighted by atomic mass is 9.98. The van der Waals surface area contributed by atoms with E-state index in [1.54, 1.807) is 18.1 Å². The summed E-state index contributed by atoms with van der Waals surface area (Å²) in [4.78, 5) is 20.7. The molecule has 11 heteroatoms. The monoisotopic (exact) mass is 484 g/mol. The van der Waals surface area contributed by atoms with Crippen LogP contribution in [0, 0.1) is 0 Å². The second-order valence-electron chi connectivity index (χ2n) is 9.91. The van der Waals surface area contributed by atoms with E-state index in [0.29, 0.717) is 52.0 Å². The third kappa shape index (κ3) is 4.38. The first-order chi connectivity index (χ1) is 16.2. The molecule has 188 valence electrons. The lowest BCUT2D eigenvalue weighted by molar-refractivity contribution is -0.152. The fourth-order valence-corrected chi connectivity index (χ4v) is 6.00. The first-order valence-electron chi connectivity index (χ1n) is 11.9. The molecule has 5 rings (SSSR count). The molecule has 3 aliphatic heterocycles. The minimum Gasteiger partial charge on any atom is -0.380 e. The van der Waals surface area contributed by atoms with Crippen LogP contribution in [0.15, 0.2) is 18.2 Å². The Kier molecular flexibility index (Phi) is 6.24. The van der Waals surface area contributed by atoms with Gasteiger partial charge in [-0.05, 0) is 37.8 Å². The maximum absolute atomic E-state index is 13.4. The molecular weight excluding hydrogens is 453 g/mol. The zero-order valence-corrected chi connectivity index (χ0v) is 19.1. The van der Waals surface area contributed by atoms with Crippen molar-refractivity contribution in [1.82, 2.24) is 15.2 Å². The largest absolute Gasteiger partial charge is 0.433 e. The number of nitrogens with zero attached hydrogens (tertiary/aromatic N) is 3. The zero-order chi connectivity index (χ0) is 24.1. The van der Waals surface area contributed by atoms with Gasteiger partial charge in [0.2, 0.25) is 0 Å². The van der Waals surface area contributed by atoms with E-state index in [9.17, 15) is 23.1 Å². The van der Waals surface area contributed by atoms with Gasteiger partial charge in [0, 0.05) is 45.3 Å². The zero-order valence-electron chi connectivity index (χ0n) is 19.1. The molecule has 1 amide bonds. The smallest absolute Gasteiger partial charge is 0.380 e. The van der Waals surface area contributed by atoms with Crippen molar-refractivity contribution in [2.45, 2.75) is 74.2 Å². The molecule has 2 N–H and O–H groups in total. The molecule has 6 atom stereocenters. The number of hydrogen-bond donors (Lipinski definition) is 2. The number of pyridine rings is 1. The second-order valence-corrected chi connectivity index (χ2v) is 9.91. The average molecular weight is 485 g/mol. The third-order valence-electron chi connectivity index (χ3n) is 7.77. The molecule has 0 aromatic carbocycles. The van der Waals surface area contributed by atoms with Crippen molar-refractivity contribution < 1.29 is 32.5 Å². The van der Waals surface area contributed by atoms with Gasteiger partial charge in [-0.2, -0.15) is 13.2 Å². The van der Waals surface area contributed by atoms with E-state index in [-0.39, 0.29) is 42.0 Å². The van der Waals surface area contributed by atoms with Gasteiger partial charge in [0.25, 0.3) is 5.91 Å². The number of alkyl halides is 3. The normalized spacial score (nSPS) is 35.9. The van der Waals surface area contributed by atoms with Crippen LogP contribution in [0.5, 0.6) is 0 Å². The van der Waals surface area contributed by atoms with Crippen LogP contribution in [0.4, 0.5) is 19.0 Å². The number of methoxy groups -OCH3 is 1. The molecule has 3 saturated heterocycles. The number of anilines is 1. The Labute approximate surface area is 196 Å². The lowest BCUT2D eigenvalue weighted by Crippen LogP contribution is -2.56. The summed E-state index contributed by atoms with van der Waals surface area (Å²) in [6, 6.07) is 3.79. The number of fused-ring (bicyclic) bond motifs is 2. The van der Waals surface area contributed by atoms with Gasteiger partial charge < -0.3 is 29.7 Å². The van der Waals surface area contributed by atoms with E-state index in [1.165, 1.54) is 6.07 Å². The van der Waals surface area contributed by atoms with Crippen LogP contribution in [0.3, 0.4) is 0 Å². The van der Waals surface area contributed by atoms with Crippen molar-refractivity contribution in [2.75, 3.05) is 38.3 Å². The number of likely N-dealkylation sites (tertiary alicyclic amines) is 1. The molecule has 4 heterocycles. The number of carbonyl (C=O) groups is 1. The summed E-state index contributed by atoms with van der Waals surface area (Å²) in [5.41, 5.74) is -2.34. The number of nitrogens with one attached hydrogen (secondary N) is 1. The summed E-state index contributed by atoms with van der Waals surface area (Å²) in [5.74, 6) is 0.0126. The Morgan fingerprint density at radius 3 is 2.82 bits per heavy atom. The number of amides is 1. The molecule has 4 aliphatic rings. The van der Waals surface area contributed by atoms with Gasteiger partial charge in [0.05, 0.1) is 24.8 Å². The average Bonchev–Trinajstić information content (AvgIpc) is 3.53. The number of halogens is 3. The molecule has 0 radical (unpaired) electrons. The highest BCUT2D eigenvalue weighted by Gasteiger charge is 2.53. The summed E-state index contributed by atoms with van der Waals surface area (Å²) in [7, 11) is 1.66. The van der Waals surface area contributed by atoms with Crippen molar-refractivity contribution in [1.29, 1.82) is 0 Å². The number of ether oxygens (including phenoxy) is 2. The first kappa shape index (κ1) is 23.8. The lowest BCUT2D eigenvalue weighted by Gasteiger charge is -2.38. The predicted molar refractivity (Wildman–Crippen MR) is 116 cm³/mol. The molecular formula is C23H31F3N4O4. The van der Waals surface area contributed by atoms with Crippen LogP contribution in [0.1, 0.15) is 37.8 Å². The van der Waals surface area contributed by atoms with Gasteiger partial charge >= 0.3 is 6.18 Å². The number of rotatable bonds is 5. The molecule has 4 fully saturated rings. The number of piperazine rings is 1. The highest BCUT2D eigenvalue weighted by Crippen LogP contribution is 2.39. The van der Waals surface area contributed by atoms with Gasteiger partial charge in [0.1, 0.15) is 17.1 Å². The SMILES string of the molecule is CO[C@@H]1COCC[C@@H]1N[C@@H]1CC[C@](O)(C(=O)N2C[C@@H]3C[C@H]2CN3c2cccc(C(F)(F)F)n2)C1. The maximum Gasteiger partial charge on any atom is 0.433 e. The summed E-state index contributed by atoms with van der Waals surface area (Å²) in [6.45, 7) is 1.98. The van der Waals surface area contributed by atoms with Gasteiger partial charge in [-0.1, -0.05) is 6.07 Å². The summed E-state index contributed by atoms with van der Waals surface area (Å²) in [5, 5.41) is 14.8. The molecule has 0 spiro atoms. The minimum absolute atomic E-state index is 0.0142. The van der Waals surface area contributed by atoms with Crippen LogP contribution < -0.4 is 10.2 Å². The number of aromatic nitrogens is 1. The standard InChI is InChI=1S/C23H31F3N4O4/c1-33-18-13-34-8-6-17(18)27-14-5-7-22(32,10-14)21(31)30-12-15-9-16(30)11-29(15)20-4-2-3-19(28-20)23(24,25)26/h2-4,14-18,27,32H,5-13H2,1H3/t14-,15+,16+,17+,18-,22-/m1/s1. The molecule has 1 aliphatic carbocycles. The highest BCUT2D eigenvalue weighted by molar-refractivity contribution is 5.86. The van der Waals surface area contributed by atoms with Gasteiger partial charge in [-0.3, -0.25) is 4.79 Å². The van der Waals surface area contributed by atoms with Gasteiger partial charge in [-0.25, -0.2) is 4.98 Å². The Balaban J connectivity index is 1.20. The topological polar surface area (TPSA) is 87.2 Å². The first-order valence-corrected chi connectivity index (χ1v) is 11.9. The van der Waals surface area contributed by atoms with Crippen molar-refractivity contribution in [3.8, 4) is 0 Å². The maximum atomic E-state index is 13.4. The second kappa shape index (κ2) is 8.92. The number of hydrogen-bond acceptors (Lipinski definition) is 7. The Morgan fingerprint density at radius 1 is 1.29 bits per heavy atom. The van der Waals surface area contributed by atoms with Crippen LogP contribution >= 0.6 is 0 Å². The van der Waals surface area contributed by atoms with Crippen LogP contribution in [0.25, 0.3) is 0 Å². The molecule has 2 bridgehead atoms. The summed E-state index contributed by atoms with van der Waals surface area (Å²) in [6.07, 6.45) is -1.65. The van der Waals surface area contributed by atoms with Crippen molar-refractivity contribution in [2.24, 2.45) is 0 Å². The number of aliphatic hydroxyl groups is 1. The van der Waals surface area contributed by atoms with E-state index in [1.807, 2.05) is 4.90 Å². The van der Waals surface area contributed by atoms with E-state index in [0.717, 1.165) is 12.5 Å². The summed E-state index contributed by atoms with van der Waals surface area (Å²) < 4.78 is 50.2. The van der Waals surface area contributed by atoms with Crippen molar-refractivity contribution >= 4 is 11.7 Å². The Morgan fingerprint density at radius 2 is 2.12 bits per heavy atom. The number of carbonyl (C=O) groups excluding carboxylic acids is 1. The highest BCUT2D eigenvalue weighted by atomic mass is 19.4. The third-order valence-corrected chi connectivity index (χ3v) is 7.77. The van der Waals surface area contributed by atoms with Crippen LogP contribution in [-0.2, 0) is 20.4 Å². The van der Waals surface area contributed by atoms with E-state index < -0.39 is 17.5 Å². The predicted octanol–water partition coefficient (Wildman–Crippen LogP) is 1.57.